The van der Waals surface area contributed by atoms with Crippen LogP contribution in [0.15, 0.2) is 58.0 Å². The number of benzene rings is 1. The second kappa shape index (κ2) is 7.06. The second-order valence-electron chi connectivity index (χ2n) is 4.93. The molecule has 0 heterocycles. The zero-order valence-electron chi connectivity index (χ0n) is 13.4. The Morgan fingerprint density at radius 2 is 1.68 bits per heavy atom. The van der Waals surface area contributed by atoms with E-state index in [1.165, 1.54) is 32.5 Å². The van der Waals surface area contributed by atoms with Gasteiger partial charge in [0.25, 0.3) is 21.0 Å². The highest BCUT2D eigenvalue weighted by molar-refractivity contribution is 7.91. The summed E-state index contributed by atoms with van der Waals surface area (Å²) in [6, 6.07) is 9.00. The van der Waals surface area contributed by atoms with Crippen LogP contribution in [0, 0.1) is 0 Å². The highest BCUT2D eigenvalue weighted by atomic mass is 32.2. The van der Waals surface area contributed by atoms with Gasteiger partial charge in [0.05, 0.1) is 0 Å². The summed E-state index contributed by atoms with van der Waals surface area (Å²) in [7, 11) is -2.35. The molecule has 1 unspecified atom stereocenters. The van der Waals surface area contributed by atoms with Gasteiger partial charge >= 0.3 is 0 Å². The smallest absolute Gasteiger partial charge is 0.300 e. The summed E-state index contributed by atoms with van der Waals surface area (Å²) < 4.78 is 38.5. The van der Waals surface area contributed by atoms with E-state index in [1.54, 1.807) is 24.3 Å². The standard InChI is InChI=1S/C16H14N2O6S/c1-23-16(24-2)10-14(13-6-4-3-5-7-13)8-9-15(16,17-11-19)25(21,22)18-12-20/h3-10H,1-2H3. The molecule has 1 aliphatic rings. The van der Waals surface area contributed by atoms with Crippen LogP contribution in [0.4, 0.5) is 0 Å². The van der Waals surface area contributed by atoms with E-state index in [-0.39, 0.29) is 0 Å². The first-order chi connectivity index (χ1) is 11.9. The zero-order chi connectivity index (χ0) is 18.6. The Labute approximate surface area is 144 Å². The van der Waals surface area contributed by atoms with Gasteiger partial charge in [-0.05, 0) is 23.3 Å². The first-order valence-corrected chi connectivity index (χ1v) is 8.36. The van der Waals surface area contributed by atoms with Crippen LogP contribution in [0.3, 0.4) is 0 Å². The maximum absolute atomic E-state index is 12.5. The predicted octanol–water partition coefficient (Wildman–Crippen LogP) is 1.33. The van der Waals surface area contributed by atoms with Crippen LogP contribution in [-0.2, 0) is 29.1 Å². The number of carbonyl (C=O) groups excluding carboxylic acids is 2. The molecule has 8 nitrogen and oxygen atoms in total. The van der Waals surface area contributed by atoms with Crippen LogP contribution in [-0.4, -0.2) is 45.5 Å². The molecule has 25 heavy (non-hydrogen) atoms. The minimum absolute atomic E-state index is 0.561. The largest absolute Gasteiger partial charge is 0.347 e. The molecule has 0 fully saturated rings. The number of nitrogens with zero attached hydrogens (tertiary/aromatic N) is 2. The van der Waals surface area contributed by atoms with E-state index in [0.29, 0.717) is 5.57 Å². The number of isocyanates is 2. The third kappa shape index (κ3) is 2.91. The summed E-state index contributed by atoms with van der Waals surface area (Å²) in [5, 5.41) is 0. The normalized spacial score (nSPS) is 21.6. The summed E-state index contributed by atoms with van der Waals surface area (Å²) in [5.74, 6) is -2.05. The van der Waals surface area contributed by atoms with E-state index in [4.69, 9.17) is 9.47 Å². The lowest BCUT2D eigenvalue weighted by atomic mass is 9.92. The van der Waals surface area contributed by atoms with Crippen molar-refractivity contribution in [1.82, 2.24) is 0 Å². The monoisotopic (exact) mass is 362 g/mol. The molecule has 0 aliphatic heterocycles. The summed E-state index contributed by atoms with van der Waals surface area (Å²) in [6.07, 6.45) is 5.98. The van der Waals surface area contributed by atoms with Gasteiger partial charge in [0, 0.05) is 14.2 Å². The molecule has 0 bridgehead atoms. The van der Waals surface area contributed by atoms with Gasteiger partial charge in [0.1, 0.15) is 0 Å². The number of sulfonamides is 1. The lowest BCUT2D eigenvalue weighted by Gasteiger charge is -2.41. The fourth-order valence-corrected chi connectivity index (χ4v) is 3.82. The maximum Gasteiger partial charge on any atom is 0.300 e. The number of methoxy groups -OCH3 is 2. The molecule has 0 amide bonds. The Kier molecular flexibility index (Phi) is 5.27. The summed E-state index contributed by atoms with van der Waals surface area (Å²) in [5.41, 5.74) is 1.31. The van der Waals surface area contributed by atoms with Crippen molar-refractivity contribution in [2.45, 2.75) is 10.7 Å². The molecule has 1 atom stereocenters. The number of ether oxygens (including phenoxy) is 2. The minimum Gasteiger partial charge on any atom is -0.347 e. The zero-order valence-corrected chi connectivity index (χ0v) is 14.2. The van der Waals surface area contributed by atoms with Crippen molar-refractivity contribution in [2.24, 2.45) is 9.39 Å². The van der Waals surface area contributed by atoms with Gasteiger partial charge < -0.3 is 9.47 Å². The van der Waals surface area contributed by atoms with E-state index < -0.39 is 20.7 Å². The van der Waals surface area contributed by atoms with Gasteiger partial charge in [-0.2, -0.15) is 4.99 Å². The number of allylic oxidation sites excluding steroid dienone is 2. The van der Waals surface area contributed by atoms with Crippen LogP contribution in [0.5, 0.6) is 0 Å². The first-order valence-electron chi connectivity index (χ1n) is 6.92. The van der Waals surface area contributed by atoms with Crippen LogP contribution < -0.4 is 0 Å². The van der Waals surface area contributed by atoms with E-state index in [2.05, 4.69) is 9.39 Å². The van der Waals surface area contributed by atoms with Crippen molar-refractivity contribution in [2.75, 3.05) is 14.2 Å². The molecule has 2 rings (SSSR count). The molecule has 0 saturated carbocycles. The van der Waals surface area contributed by atoms with Gasteiger partial charge in [-0.25, -0.2) is 18.0 Å². The number of aliphatic imine (C=N–C) groups is 1. The predicted molar refractivity (Wildman–Crippen MR) is 88.2 cm³/mol. The molecule has 9 heteroatoms. The highest BCUT2D eigenvalue weighted by Gasteiger charge is 2.62. The Morgan fingerprint density at radius 1 is 1.04 bits per heavy atom. The third-order valence-electron chi connectivity index (χ3n) is 3.81. The first kappa shape index (κ1) is 18.7. The van der Waals surface area contributed by atoms with Crippen LogP contribution in [0.1, 0.15) is 5.56 Å². The molecule has 130 valence electrons. The van der Waals surface area contributed by atoms with E-state index in [1.807, 2.05) is 6.07 Å². The molecular weight excluding hydrogens is 348 g/mol. The Bertz CT molecular complexity index is 905. The highest BCUT2D eigenvalue weighted by Crippen LogP contribution is 2.44. The molecule has 0 spiro atoms. The Hall–Kier alpha value is -2.67. The molecule has 1 aromatic carbocycles. The molecule has 0 aromatic heterocycles. The average molecular weight is 362 g/mol. The molecule has 1 aromatic rings. The topological polar surface area (TPSA) is 111 Å². The average Bonchev–Trinajstić information content (AvgIpc) is 2.63. The van der Waals surface area contributed by atoms with Crippen molar-refractivity contribution in [1.29, 1.82) is 0 Å². The van der Waals surface area contributed by atoms with Crippen LogP contribution in [0.25, 0.3) is 5.57 Å². The summed E-state index contributed by atoms with van der Waals surface area (Å²) in [4.78, 5) is 22.4. The van der Waals surface area contributed by atoms with Gasteiger partial charge in [0.2, 0.25) is 11.9 Å². The SMILES string of the molecule is COC1(OC)C=C(c2ccccc2)C=CC1(N=C=O)S(=O)(=O)N=C=O. The molecule has 0 N–H and O–H groups in total. The van der Waals surface area contributed by atoms with Gasteiger partial charge in [-0.3, -0.25) is 0 Å². The Balaban J connectivity index is 2.80. The van der Waals surface area contributed by atoms with Crippen LogP contribution in [0.2, 0.25) is 0 Å². The third-order valence-corrected chi connectivity index (χ3v) is 5.42. The number of rotatable bonds is 6. The lowest BCUT2D eigenvalue weighted by Crippen LogP contribution is -2.58. The van der Waals surface area contributed by atoms with E-state index in [9.17, 15) is 18.0 Å². The lowest BCUT2D eigenvalue weighted by molar-refractivity contribution is -0.184. The van der Waals surface area contributed by atoms with Gasteiger partial charge in [0.15, 0.2) is 0 Å². The minimum atomic E-state index is -4.70. The summed E-state index contributed by atoms with van der Waals surface area (Å²) >= 11 is 0. The van der Waals surface area contributed by atoms with Gasteiger partial charge in [-0.15, -0.1) is 0 Å². The van der Waals surface area contributed by atoms with E-state index in [0.717, 1.165) is 17.7 Å². The number of hydrogen-bond donors (Lipinski definition) is 0. The molecular formula is C16H14N2O6S. The Morgan fingerprint density at radius 3 is 2.20 bits per heavy atom. The second-order valence-corrected chi connectivity index (χ2v) is 6.69. The molecule has 1 aliphatic carbocycles. The van der Waals surface area contributed by atoms with Crippen molar-refractivity contribution < 1.29 is 27.5 Å². The van der Waals surface area contributed by atoms with Crippen molar-refractivity contribution in [3.8, 4) is 0 Å². The quantitative estimate of drug-likeness (QED) is 0.429. The van der Waals surface area contributed by atoms with Crippen molar-refractivity contribution in [3.05, 3.63) is 54.1 Å². The maximum atomic E-state index is 12.5. The van der Waals surface area contributed by atoms with Crippen LogP contribution >= 0.6 is 0 Å². The van der Waals surface area contributed by atoms with E-state index >= 15 is 0 Å². The fourth-order valence-electron chi connectivity index (χ4n) is 2.60. The summed E-state index contributed by atoms with van der Waals surface area (Å²) in [6.45, 7) is 0. The number of hydrogen-bond acceptors (Lipinski definition) is 7. The fraction of sp³-hybridized carbons (Fsp3) is 0.250. The van der Waals surface area contributed by atoms with Crippen molar-refractivity contribution in [3.63, 3.8) is 0 Å². The van der Waals surface area contributed by atoms with Gasteiger partial charge in [-0.1, -0.05) is 40.8 Å². The van der Waals surface area contributed by atoms with Crippen molar-refractivity contribution >= 4 is 27.8 Å². The molecule has 0 saturated heterocycles. The molecule has 0 radical (unpaired) electrons.